The maximum absolute atomic E-state index is 5.78. The molecule has 2 rings (SSSR count). The van der Waals surface area contributed by atoms with Crippen LogP contribution in [0.4, 0.5) is 0 Å². The molecule has 0 spiro atoms. The average molecular weight is 493 g/mol. The highest BCUT2D eigenvalue weighted by molar-refractivity contribution is 14.0. The summed E-state index contributed by atoms with van der Waals surface area (Å²) in [6, 6.07) is 8.24. The zero-order chi connectivity index (χ0) is 17.9. The fraction of sp³-hybridized carbons (Fsp3) is 0.632. The molecule has 0 bridgehead atoms. The van der Waals surface area contributed by atoms with Gasteiger partial charge in [-0.25, -0.2) is 0 Å². The Bertz CT molecular complexity index is 545. The zero-order valence-corrected chi connectivity index (χ0v) is 19.2. The van der Waals surface area contributed by atoms with Crippen LogP contribution in [0.15, 0.2) is 29.3 Å². The maximum atomic E-state index is 5.78. The van der Waals surface area contributed by atoms with Crippen LogP contribution in [-0.4, -0.2) is 62.3 Å². The number of ether oxygens (including phenoxy) is 2. The van der Waals surface area contributed by atoms with E-state index in [-0.39, 0.29) is 24.0 Å². The summed E-state index contributed by atoms with van der Waals surface area (Å²) in [6.07, 6.45) is 2.11. The lowest BCUT2D eigenvalue weighted by Crippen LogP contribution is -2.47. The van der Waals surface area contributed by atoms with Gasteiger partial charge in [0.2, 0.25) is 0 Å². The predicted octanol–water partition coefficient (Wildman–Crippen LogP) is 3.62. The molecule has 0 saturated carbocycles. The Morgan fingerprint density at radius 1 is 1.38 bits per heavy atom. The first-order valence-electron chi connectivity index (χ1n) is 9.04. The molecule has 0 radical (unpaired) electrons. The summed E-state index contributed by atoms with van der Waals surface area (Å²) in [6.45, 7) is 6.55. The average Bonchev–Trinajstić information content (AvgIpc) is 2.66. The van der Waals surface area contributed by atoms with Crippen molar-refractivity contribution < 1.29 is 9.47 Å². The van der Waals surface area contributed by atoms with Crippen LogP contribution in [-0.2, 0) is 11.3 Å². The summed E-state index contributed by atoms with van der Waals surface area (Å²) < 4.78 is 10.8. The summed E-state index contributed by atoms with van der Waals surface area (Å²) in [7, 11) is 3.57. The van der Waals surface area contributed by atoms with Crippen molar-refractivity contribution >= 4 is 41.7 Å². The molecule has 26 heavy (non-hydrogen) atoms. The minimum absolute atomic E-state index is 0. The summed E-state index contributed by atoms with van der Waals surface area (Å²) in [5.74, 6) is 3.07. The molecule has 1 unspecified atom stereocenters. The van der Waals surface area contributed by atoms with Crippen LogP contribution in [0.25, 0.3) is 0 Å². The Morgan fingerprint density at radius 2 is 2.23 bits per heavy atom. The van der Waals surface area contributed by atoms with Crippen molar-refractivity contribution in [1.82, 2.24) is 10.2 Å². The van der Waals surface area contributed by atoms with Crippen LogP contribution in [0.1, 0.15) is 25.3 Å². The molecular weight excluding hydrogens is 461 g/mol. The van der Waals surface area contributed by atoms with E-state index in [1.807, 2.05) is 19.2 Å². The van der Waals surface area contributed by atoms with Crippen LogP contribution < -0.4 is 10.1 Å². The quantitative estimate of drug-likeness (QED) is 0.260. The highest BCUT2D eigenvalue weighted by atomic mass is 127. The second kappa shape index (κ2) is 13.5. The van der Waals surface area contributed by atoms with Gasteiger partial charge in [-0.05, 0) is 24.1 Å². The Labute approximate surface area is 179 Å². The smallest absolute Gasteiger partial charge is 0.193 e. The summed E-state index contributed by atoms with van der Waals surface area (Å²) in [5.41, 5.74) is 1.20. The lowest BCUT2D eigenvalue weighted by molar-refractivity contribution is 0.172. The standard InChI is InChI=1S/C19H31N3O2S.HI/c1-4-18-15-22(9-12-25-18)19(20-2)21-14-16-7-5-8-17(13-16)24-11-6-10-23-3;/h5,7-8,13,18H,4,6,9-12,14-15H2,1-3H3,(H,20,21);1H. The van der Waals surface area contributed by atoms with Gasteiger partial charge >= 0.3 is 0 Å². The van der Waals surface area contributed by atoms with Crippen molar-refractivity contribution in [2.24, 2.45) is 4.99 Å². The van der Waals surface area contributed by atoms with E-state index < -0.39 is 0 Å². The van der Waals surface area contributed by atoms with Crippen LogP contribution >= 0.6 is 35.7 Å². The third kappa shape index (κ3) is 7.92. The first-order valence-corrected chi connectivity index (χ1v) is 10.1. The van der Waals surface area contributed by atoms with Crippen LogP contribution in [0.3, 0.4) is 0 Å². The number of guanidine groups is 1. The van der Waals surface area contributed by atoms with Crippen molar-refractivity contribution in [1.29, 1.82) is 0 Å². The number of hydrogen-bond donors (Lipinski definition) is 1. The van der Waals surface area contributed by atoms with E-state index in [9.17, 15) is 0 Å². The first-order chi connectivity index (χ1) is 12.3. The molecule has 1 aromatic rings. The van der Waals surface area contributed by atoms with Gasteiger partial charge in [-0.15, -0.1) is 24.0 Å². The number of methoxy groups -OCH3 is 1. The van der Waals surface area contributed by atoms with Crippen molar-refractivity contribution in [3.8, 4) is 5.75 Å². The monoisotopic (exact) mass is 493 g/mol. The molecule has 1 fully saturated rings. The van der Waals surface area contributed by atoms with E-state index in [1.165, 1.54) is 17.7 Å². The van der Waals surface area contributed by atoms with Gasteiger partial charge in [0.25, 0.3) is 0 Å². The van der Waals surface area contributed by atoms with E-state index in [0.717, 1.165) is 44.4 Å². The lowest BCUT2D eigenvalue weighted by atomic mass is 10.2. The zero-order valence-electron chi connectivity index (χ0n) is 16.1. The Kier molecular flexibility index (Phi) is 12.1. The summed E-state index contributed by atoms with van der Waals surface area (Å²) in [4.78, 5) is 6.84. The van der Waals surface area contributed by atoms with Crippen LogP contribution in [0.2, 0.25) is 0 Å². The number of nitrogens with zero attached hydrogens (tertiary/aromatic N) is 2. The fourth-order valence-corrected chi connectivity index (χ4v) is 3.99. The summed E-state index contributed by atoms with van der Waals surface area (Å²) in [5, 5.41) is 4.20. The predicted molar refractivity (Wildman–Crippen MR) is 122 cm³/mol. The largest absolute Gasteiger partial charge is 0.493 e. The van der Waals surface area contributed by atoms with Gasteiger partial charge in [-0.1, -0.05) is 19.1 Å². The molecule has 1 aliphatic rings. The maximum Gasteiger partial charge on any atom is 0.193 e. The Hall–Kier alpha value is -0.670. The molecule has 1 atom stereocenters. The fourth-order valence-electron chi connectivity index (χ4n) is 2.81. The van der Waals surface area contributed by atoms with Gasteiger partial charge in [0.05, 0.1) is 6.61 Å². The van der Waals surface area contributed by atoms with E-state index in [0.29, 0.717) is 11.9 Å². The Balaban J connectivity index is 0.00000338. The number of hydrogen-bond acceptors (Lipinski definition) is 4. The van der Waals surface area contributed by atoms with Crippen LogP contribution in [0.5, 0.6) is 5.75 Å². The number of aliphatic imine (C=N–C) groups is 1. The van der Waals surface area contributed by atoms with Crippen molar-refractivity contribution in [3.05, 3.63) is 29.8 Å². The van der Waals surface area contributed by atoms with Crippen molar-refractivity contribution in [2.75, 3.05) is 46.2 Å². The molecule has 1 heterocycles. The molecule has 0 amide bonds. The number of halogens is 1. The molecule has 0 aromatic heterocycles. The molecule has 1 saturated heterocycles. The second-order valence-electron chi connectivity index (χ2n) is 6.09. The van der Waals surface area contributed by atoms with E-state index in [1.54, 1.807) is 7.11 Å². The highest BCUT2D eigenvalue weighted by Crippen LogP contribution is 2.21. The molecule has 1 N–H and O–H groups in total. The number of rotatable bonds is 8. The van der Waals surface area contributed by atoms with Gasteiger partial charge in [0, 0.05) is 57.8 Å². The number of benzene rings is 1. The van der Waals surface area contributed by atoms with Gasteiger partial charge in [-0.3, -0.25) is 4.99 Å². The number of thioether (sulfide) groups is 1. The molecule has 5 nitrogen and oxygen atoms in total. The molecule has 1 aromatic carbocycles. The minimum atomic E-state index is 0. The van der Waals surface area contributed by atoms with E-state index in [2.05, 4.69) is 46.0 Å². The molecule has 0 aliphatic carbocycles. The SMILES string of the molecule is CCC1CN(C(=NC)NCc2cccc(OCCCOC)c2)CCS1.I. The third-order valence-corrected chi connectivity index (χ3v) is 5.59. The van der Waals surface area contributed by atoms with E-state index >= 15 is 0 Å². The normalized spacial score (nSPS) is 17.6. The topological polar surface area (TPSA) is 46.1 Å². The second-order valence-corrected chi connectivity index (χ2v) is 7.50. The molecular formula is C19H32IN3O2S. The van der Waals surface area contributed by atoms with Gasteiger partial charge < -0.3 is 19.7 Å². The van der Waals surface area contributed by atoms with Gasteiger partial charge in [0.1, 0.15) is 5.75 Å². The third-order valence-electron chi connectivity index (χ3n) is 4.22. The lowest BCUT2D eigenvalue weighted by Gasteiger charge is -2.34. The highest BCUT2D eigenvalue weighted by Gasteiger charge is 2.21. The number of nitrogens with one attached hydrogen (secondary N) is 1. The van der Waals surface area contributed by atoms with Gasteiger partial charge in [0.15, 0.2) is 5.96 Å². The molecule has 1 aliphatic heterocycles. The minimum Gasteiger partial charge on any atom is -0.493 e. The van der Waals surface area contributed by atoms with Gasteiger partial charge in [-0.2, -0.15) is 11.8 Å². The molecule has 7 heteroatoms. The van der Waals surface area contributed by atoms with Crippen LogP contribution in [0, 0.1) is 0 Å². The van der Waals surface area contributed by atoms with Crippen molar-refractivity contribution in [2.45, 2.75) is 31.6 Å². The van der Waals surface area contributed by atoms with E-state index in [4.69, 9.17) is 9.47 Å². The first kappa shape index (κ1) is 23.4. The Morgan fingerprint density at radius 3 is 2.96 bits per heavy atom. The summed E-state index contributed by atoms with van der Waals surface area (Å²) >= 11 is 2.07. The molecule has 148 valence electrons. The van der Waals surface area contributed by atoms with Crippen molar-refractivity contribution in [3.63, 3.8) is 0 Å².